The summed E-state index contributed by atoms with van der Waals surface area (Å²) in [6.45, 7) is 4.96. The van der Waals surface area contributed by atoms with Crippen molar-refractivity contribution in [2.75, 3.05) is 0 Å². The lowest BCUT2D eigenvalue weighted by molar-refractivity contribution is 0.181. The minimum absolute atomic E-state index is 0.511. The zero-order valence-corrected chi connectivity index (χ0v) is 14.4. The summed E-state index contributed by atoms with van der Waals surface area (Å²) in [4.78, 5) is 0.981. The Morgan fingerprint density at radius 3 is 2.81 bits per heavy atom. The van der Waals surface area contributed by atoms with Gasteiger partial charge in [0.2, 0.25) is 0 Å². The van der Waals surface area contributed by atoms with E-state index in [9.17, 15) is 5.11 Å². The Balaban J connectivity index is 1.94. The van der Waals surface area contributed by atoms with Crippen LogP contribution in [0, 0.1) is 6.92 Å². The summed E-state index contributed by atoms with van der Waals surface area (Å²) >= 11 is 5.10. The van der Waals surface area contributed by atoms with E-state index in [0.29, 0.717) is 6.42 Å². The molecule has 3 aromatic rings. The van der Waals surface area contributed by atoms with E-state index in [1.807, 2.05) is 29.8 Å². The number of hydrogen-bond donors (Lipinski definition) is 1. The second-order valence-electron chi connectivity index (χ2n) is 5.11. The lowest BCUT2D eigenvalue weighted by Crippen LogP contribution is -2.02. The minimum Gasteiger partial charge on any atom is -0.387 e. The highest BCUT2D eigenvalue weighted by molar-refractivity contribution is 9.11. The highest BCUT2D eigenvalue weighted by atomic mass is 79.9. The Labute approximate surface area is 136 Å². The van der Waals surface area contributed by atoms with Gasteiger partial charge in [-0.15, -0.1) is 11.3 Å². The number of aliphatic hydroxyl groups is 1. The quantitative estimate of drug-likeness (QED) is 0.741. The van der Waals surface area contributed by atoms with Crippen molar-refractivity contribution in [1.82, 2.24) is 9.78 Å². The van der Waals surface area contributed by atoms with Gasteiger partial charge in [-0.05, 0) is 47.5 Å². The number of aliphatic hydroxyl groups excluding tert-OH is 1. The fourth-order valence-corrected chi connectivity index (χ4v) is 4.08. The minimum atomic E-state index is -0.511. The predicted molar refractivity (Wildman–Crippen MR) is 90.8 cm³/mol. The van der Waals surface area contributed by atoms with Crippen molar-refractivity contribution in [2.24, 2.45) is 0 Å². The van der Waals surface area contributed by atoms with Crippen LogP contribution in [0.1, 0.15) is 29.2 Å². The third-order valence-corrected chi connectivity index (χ3v) is 5.86. The topological polar surface area (TPSA) is 38.0 Å². The van der Waals surface area contributed by atoms with Gasteiger partial charge in [-0.1, -0.05) is 18.2 Å². The Morgan fingerprint density at radius 1 is 1.38 bits per heavy atom. The van der Waals surface area contributed by atoms with Crippen molar-refractivity contribution in [1.29, 1.82) is 0 Å². The first-order chi connectivity index (χ1) is 10.1. The molecule has 1 N–H and O–H groups in total. The maximum absolute atomic E-state index is 10.5. The molecule has 0 aliphatic heterocycles. The lowest BCUT2D eigenvalue weighted by Gasteiger charge is -2.06. The molecule has 2 aromatic heterocycles. The van der Waals surface area contributed by atoms with Gasteiger partial charge in [0.05, 0.1) is 21.1 Å². The Bertz CT molecular complexity index is 758. The van der Waals surface area contributed by atoms with E-state index in [1.165, 1.54) is 0 Å². The number of rotatable bonds is 4. The van der Waals surface area contributed by atoms with Crippen molar-refractivity contribution >= 4 is 38.2 Å². The number of nitrogens with zero attached hydrogens (tertiary/aromatic N) is 2. The van der Waals surface area contributed by atoms with Crippen molar-refractivity contribution < 1.29 is 5.11 Å². The molecule has 0 saturated carbocycles. The third-order valence-electron chi connectivity index (χ3n) is 3.63. The zero-order valence-electron chi connectivity index (χ0n) is 12.0. The van der Waals surface area contributed by atoms with Gasteiger partial charge in [-0.3, -0.25) is 4.68 Å². The van der Waals surface area contributed by atoms with E-state index in [-0.39, 0.29) is 0 Å². The number of thiophene rings is 1. The van der Waals surface area contributed by atoms with E-state index in [1.54, 1.807) is 11.3 Å². The maximum atomic E-state index is 10.5. The van der Waals surface area contributed by atoms with E-state index >= 15 is 0 Å². The molecule has 21 heavy (non-hydrogen) atoms. The number of hydrogen-bond acceptors (Lipinski definition) is 3. The molecule has 1 aromatic carbocycles. The first kappa shape index (κ1) is 14.8. The largest absolute Gasteiger partial charge is 0.387 e. The first-order valence-corrected chi connectivity index (χ1v) is 8.59. The summed E-state index contributed by atoms with van der Waals surface area (Å²) in [6, 6.07) is 10.2. The Morgan fingerprint density at radius 2 is 2.14 bits per heavy atom. The van der Waals surface area contributed by atoms with E-state index in [4.69, 9.17) is 0 Å². The number of aromatic nitrogens is 2. The van der Waals surface area contributed by atoms with Crippen molar-refractivity contribution in [3.05, 3.63) is 50.3 Å². The van der Waals surface area contributed by atoms with Crippen molar-refractivity contribution in [3.63, 3.8) is 0 Å². The average molecular weight is 365 g/mol. The van der Waals surface area contributed by atoms with E-state index in [0.717, 1.165) is 37.4 Å². The maximum Gasteiger partial charge on any atom is 0.0938 e. The van der Waals surface area contributed by atoms with Crippen LogP contribution in [0.2, 0.25) is 0 Å². The average Bonchev–Trinajstić information content (AvgIpc) is 3.01. The standard InChI is InChI=1S/C16H17BrN2OS/c1-3-19-13-7-5-4-6-11(13)12(18-19)9-14(20)15-8-10(2)16(17)21-15/h4-8,14,20H,3,9H2,1-2H3. The molecule has 0 aliphatic carbocycles. The normalized spacial score (nSPS) is 13.0. The van der Waals surface area contributed by atoms with Gasteiger partial charge in [0.1, 0.15) is 0 Å². The molecule has 0 aliphatic rings. The molecule has 0 fully saturated rings. The van der Waals surface area contributed by atoms with Crippen LogP contribution >= 0.6 is 27.3 Å². The van der Waals surface area contributed by atoms with Gasteiger partial charge < -0.3 is 5.11 Å². The summed E-state index contributed by atoms with van der Waals surface area (Å²) in [5.74, 6) is 0. The van der Waals surface area contributed by atoms with Crippen LogP contribution in [0.4, 0.5) is 0 Å². The number of aryl methyl sites for hydroxylation is 2. The monoisotopic (exact) mass is 364 g/mol. The molecular weight excluding hydrogens is 348 g/mol. The van der Waals surface area contributed by atoms with Gasteiger partial charge >= 0.3 is 0 Å². The number of benzene rings is 1. The van der Waals surface area contributed by atoms with Crippen molar-refractivity contribution in [2.45, 2.75) is 32.9 Å². The van der Waals surface area contributed by atoms with E-state index < -0.39 is 6.10 Å². The Hall–Kier alpha value is -1.17. The molecule has 2 heterocycles. The fraction of sp³-hybridized carbons (Fsp3) is 0.312. The predicted octanol–water partition coefficient (Wildman–Crippen LogP) is 4.46. The van der Waals surface area contributed by atoms with Crippen LogP contribution in [-0.4, -0.2) is 14.9 Å². The van der Waals surface area contributed by atoms with Gasteiger partial charge in [0, 0.05) is 23.2 Å². The van der Waals surface area contributed by atoms with Crippen LogP contribution in [0.15, 0.2) is 34.1 Å². The summed E-state index contributed by atoms with van der Waals surface area (Å²) in [5, 5.41) is 16.3. The Kier molecular flexibility index (Phi) is 4.15. The SMILES string of the molecule is CCn1nc(CC(O)c2cc(C)c(Br)s2)c2ccccc21. The molecule has 0 bridgehead atoms. The van der Waals surface area contributed by atoms with Gasteiger partial charge in [0.15, 0.2) is 0 Å². The molecule has 1 atom stereocenters. The molecule has 0 amide bonds. The van der Waals surface area contributed by atoms with Crippen LogP contribution < -0.4 is 0 Å². The van der Waals surface area contributed by atoms with Crippen LogP contribution in [0.5, 0.6) is 0 Å². The summed E-state index contributed by atoms with van der Waals surface area (Å²) in [5.41, 5.74) is 3.26. The molecule has 0 saturated heterocycles. The second-order valence-corrected chi connectivity index (χ2v) is 7.51. The van der Waals surface area contributed by atoms with Gasteiger partial charge in [-0.25, -0.2) is 0 Å². The third kappa shape index (κ3) is 2.78. The highest BCUT2D eigenvalue weighted by Gasteiger charge is 2.17. The molecule has 3 nitrogen and oxygen atoms in total. The second kappa shape index (κ2) is 5.91. The van der Waals surface area contributed by atoms with Crippen molar-refractivity contribution in [3.8, 4) is 0 Å². The fourth-order valence-electron chi connectivity index (χ4n) is 2.52. The highest BCUT2D eigenvalue weighted by Crippen LogP contribution is 2.33. The smallest absolute Gasteiger partial charge is 0.0938 e. The number of fused-ring (bicyclic) bond motifs is 1. The molecule has 110 valence electrons. The van der Waals surface area contributed by atoms with Crippen LogP contribution in [0.3, 0.4) is 0 Å². The van der Waals surface area contributed by atoms with E-state index in [2.05, 4.69) is 40.1 Å². The molecule has 3 rings (SSSR count). The summed E-state index contributed by atoms with van der Waals surface area (Å²) in [7, 11) is 0. The molecule has 0 spiro atoms. The zero-order chi connectivity index (χ0) is 15.0. The lowest BCUT2D eigenvalue weighted by atomic mass is 10.1. The molecule has 5 heteroatoms. The van der Waals surface area contributed by atoms with Gasteiger partial charge in [0.25, 0.3) is 0 Å². The number of para-hydroxylation sites is 1. The molecule has 1 unspecified atom stereocenters. The van der Waals surface area contributed by atoms with Gasteiger partial charge in [-0.2, -0.15) is 5.10 Å². The molecule has 0 radical (unpaired) electrons. The summed E-state index contributed by atoms with van der Waals surface area (Å²) < 4.78 is 3.08. The van der Waals surface area contributed by atoms with Crippen LogP contribution in [0.25, 0.3) is 10.9 Å². The number of halogens is 1. The van der Waals surface area contributed by atoms with Crippen LogP contribution in [-0.2, 0) is 13.0 Å². The summed E-state index contributed by atoms with van der Waals surface area (Å²) in [6.07, 6.45) is 0.0310. The molecular formula is C16H17BrN2OS. The first-order valence-electron chi connectivity index (χ1n) is 6.98.